The summed E-state index contributed by atoms with van der Waals surface area (Å²) in [4.78, 5) is 0.374. The summed E-state index contributed by atoms with van der Waals surface area (Å²) in [5, 5.41) is 1.73. The lowest BCUT2D eigenvalue weighted by atomic mass is 9.80. The van der Waals surface area contributed by atoms with Crippen LogP contribution >= 0.6 is 0 Å². The lowest BCUT2D eigenvalue weighted by Crippen LogP contribution is -2.50. The molecule has 0 unspecified atom stereocenters. The second-order valence-electron chi connectivity index (χ2n) is 5.50. The van der Waals surface area contributed by atoms with Crippen LogP contribution < -0.4 is 4.72 Å². The molecule has 2 aromatic rings. The third-order valence-electron chi connectivity index (χ3n) is 3.88. The van der Waals surface area contributed by atoms with Gasteiger partial charge in [0.15, 0.2) is 0 Å². The van der Waals surface area contributed by atoms with E-state index in [4.69, 9.17) is 0 Å². The third kappa shape index (κ3) is 2.26. The number of hydrogen-bond acceptors (Lipinski definition) is 2. The Morgan fingerprint density at radius 1 is 1.05 bits per heavy atom. The number of benzene rings is 2. The molecular weight excluding hydrogens is 258 g/mol. The first kappa shape index (κ1) is 12.6. The minimum atomic E-state index is -3.46. The van der Waals surface area contributed by atoms with Gasteiger partial charge in [-0.15, -0.1) is 0 Å². The number of nitrogens with one attached hydrogen (secondary N) is 1. The van der Waals surface area contributed by atoms with Gasteiger partial charge in [0, 0.05) is 10.9 Å². The largest absolute Gasteiger partial charge is 0.241 e. The van der Waals surface area contributed by atoms with Crippen LogP contribution in [0.25, 0.3) is 10.8 Å². The maximum atomic E-state index is 12.5. The van der Waals surface area contributed by atoms with Crippen LogP contribution in [0, 0.1) is 0 Å². The van der Waals surface area contributed by atoms with Crippen molar-refractivity contribution >= 4 is 20.8 Å². The molecule has 0 bridgehead atoms. The number of sulfonamides is 1. The van der Waals surface area contributed by atoms with Crippen LogP contribution in [0.5, 0.6) is 0 Å². The van der Waals surface area contributed by atoms with Crippen LogP contribution in [-0.4, -0.2) is 14.0 Å². The highest BCUT2D eigenvalue weighted by Crippen LogP contribution is 2.33. The molecule has 0 heterocycles. The van der Waals surface area contributed by atoms with Gasteiger partial charge >= 0.3 is 0 Å². The van der Waals surface area contributed by atoms with Crippen molar-refractivity contribution in [3.8, 4) is 0 Å². The Kier molecular flexibility index (Phi) is 2.87. The lowest BCUT2D eigenvalue weighted by molar-refractivity contribution is 0.248. The van der Waals surface area contributed by atoms with Gasteiger partial charge in [-0.25, -0.2) is 13.1 Å². The van der Waals surface area contributed by atoms with Crippen molar-refractivity contribution in [3.63, 3.8) is 0 Å². The first-order valence-corrected chi connectivity index (χ1v) is 8.00. The normalized spacial score (nSPS) is 18.2. The predicted molar refractivity (Wildman–Crippen MR) is 76.5 cm³/mol. The van der Waals surface area contributed by atoms with Gasteiger partial charge in [0.05, 0.1) is 4.90 Å². The highest BCUT2D eigenvalue weighted by molar-refractivity contribution is 7.89. The van der Waals surface area contributed by atoms with Gasteiger partial charge in [-0.05, 0) is 37.6 Å². The van der Waals surface area contributed by atoms with Gasteiger partial charge in [0.25, 0.3) is 0 Å². The molecule has 0 atom stereocenters. The SMILES string of the molecule is CC1(NS(=O)(=O)c2cccc3ccccc23)CCC1. The molecule has 0 saturated heterocycles. The van der Waals surface area contributed by atoms with Crippen molar-refractivity contribution in [2.45, 2.75) is 36.6 Å². The van der Waals surface area contributed by atoms with Crippen LogP contribution in [0.2, 0.25) is 0 Å². The van der Waals surface area contributed by atoms with Gasteiger partial charge in [0.1, 0.15) is 0 Å². The first-order chi connectivity index (χ1) is 9.00. The van der Waals surface area contributed by atoms with Crippen LogP contribution in [0.3, 0.4) is 0 Å². The average molecular weight is 275 g/mol. The minimum Gasteiger partial charge on any atom is -0.207 e. The summed E-state index contributed by atoms with van der Waals surface area (Å²) in [5.41, 5.74) is -0.268. The smallest absolute Gasteiger partial charge is 0.207 e. The molecule has 1 aliphatic rings. The summed E-state index contributed by atoms with van der Waals surface area (Å²) < 4.78 is 27.9. The third-order valence-corrected chi connectivity index (χ3v) is 5.57. The zero-order chi connectivity index (χ0) is 13.5. The molecule has 2 aromatic carbocycles. The molecule has 1 aliphatic carbocycles. The molecule has 19 heavy (non-hydrogen) atoms. The van der Waals surface area contributed by atoms with Gasteiger partial charge in [-0.2, -0.15) is 0 Å². The van der Waals surface area contributed by atoms with Gasteiger partial charge < -0.3 is 0 Å². The highest BCUT2D eigenvalue weighted by Gasteiger charge is 2.36. The van der Waals surface area contributed by atoms with Crippen molar-refractivity contribution in [3.05, 3.63) is 42.5 Å². The second kappa shape index (κ2) is 4.32. The van der Waals surface area contributed by atoms with Crippen LogP contribution in [0.4, 0.5) is 0 Å². The molecular formula is C15H17NO2S. The van der Waals surface area contributed by atoms with Gasteiger partial charge in [-0.3, -0.25) is 0 Å². The summed E-state index contributed by atoms with van der Waals surface area (Å²) in [6, 6.07) is 13.0. The fourth-order valence-corrected chi connectivity index (χ4v) is 4.31. The number of fused-ring (bicyclic) bond motifs is 1. The monoisotopic (exact) mass is 275 g/mol. The second-order valence-corrected chi connectivity index (χ2v) is 7.15. The predicted octanol–water partition coefficient (Wildman–Crippen LogP) is 3.06. The summed E-state index contributed by atoms with van der Waals surface area (Å²) in [7, 11) is -3.46. The van der Waals surface area contributed by atoms with E-state index >= 15 is 0 Å². The van der Waals surface area contributed by atoms with E-state index in [1.807, 2.05) is 37.3 Å². The van der Waals surface area contributed by atoms with Crippen LogP contribution in [-0.2, 0) is 10.0 Å². The Hall–Kier alpha value is -1.39. The molecule has 0 amide bonds. The molecule has 100 valence electrons. The highest BCUT2D eigenvalue weighted by atomic mass is 32.2. The molecule has 1 saturated carbocycles. The molecule has 4 heteroatoms. The summed E-state index contributed by atoms with van der Waals surface area (Å²) >= 11 is 0. The van der Waals surface area contributed by atoms with Crippen molar-refractivity contribution < 1.29 is 8.42 Å². The fraction of sp³-hybridized carbons (Fsp3) is 0.333. The standard InChI is InChI=1S/C15H17NO2S/c1-15(10-5-11-15)16-19(17,18)14-9-4-7-12-6-2-3-8-13(12)14/h2-4,6-9,16H,5,10-11H2,1H3. The summed E-state index contributed by atoms with van der Waals surface area (Å²) in [6.07, 6.45) is 2.92. The molecule has 1 N–H and O–H groups in total. The van der Waals surface area contributed by atoms with Crippen molar-refractivity contribution in [2.24, 2.45) is 0 Å². The maximum absolute atomic E-state index is 12.5. The summed E-state index contributed by atoms with van der Waals surface area (Å²) in [5.74, 6) is 0. The van der Waals surface area contributed by atoms with E-state index in [9.17, 15) is 8.42 Å². The van der Waals surface area contributed by atoms with Crippen molar-refractivity contribution in [1.29, 1.82) is 0 Å². The quantitative estimate of drug-likeness (QED) is 0.935. The van der Waals surface area contributed by atoms with E-state index < -0.39 is 10.0 Å². The van der Waals surface area contributed by atoms with Crippen LogP contribution in [0.15, 0.2) is 47.4 Å². The Morgan fingerprint density at radius 2 is 1.74 bits per heavy atom. The first-order valence-electron chi connectivity index (χ1n) is 6.52. The summed E-state index contributed by atoms with van der Waals surface area (Å²) in [6.45, 7) is 1.97. The zero-order valence-corrected chi connectivity index (χ0v) is 11.7. The molecule has 0 aliphatic heterocycles. The van der Waals surface area contributed by atoms with E-state index in [0.29, 0.717) is 4.90 Å². The minimum absolute atomic E-state index is 0.268. The van der Waals surface area contributed by atoms with E-state index in [-0.39, 0.29) is 5.54 Å². The topological polar surface area (TPSA) is 46.2 Å². The van der Waals surface area contributed by atoms with E-state index in [1.165, 1.54) is 0 Å². The van der Waals surface area contributed by atoms with Crippen LogP contribution in [0.1, 0.15) is 26.2 Å². The molecule has 3 nitrogen and oxygen atoms in total. The zero-order valence-electron chi connectivity index (χ0n) is 10.9. The maximum Gasteiger partial charge on any atom is 0.241 e. The van der Waals surface area contributed by atoms with Crippen molar-refractivity contribution in [1.82, 2.24) is 4.72 Å². The van der Waals surface area contributed by atoms with Gasteiger partial charge in [-0.1, -0.05) is 36.4 Å². The fourth-order valence-electron chi connectivity index (χ4n) is 2.62. The lowest BCUT2D eigenvalue weighted by Gasteiger charge is -2.38. The van der Waals surface area contributed by atoms with E-state index in [1.54, 1.807) is 12.1 Å². The van der Waals surface area contributed by atoms with Crippen molar-refractivity contribution in [2.75, 3.05) is 0 Å². The molecule has 0 aromatic heterocycles. The molecule has 3 rings (SSSR count). The van der Waals surface area contributed by atoms with Gasteiger partial charge in [0.2, 0.25) is 10.0 Å². The molecule has 0 radical (unpaired) electrons. The molecule has 0 spiro atoms. The Labute approximate surface area is 113 Å². The number of rotatable bonds is 3. The Morgan fingerprint density at radius 3 is 2.42 bits per heavy atom. The Bertz CT molecular complexity index is 713. The Balaban J connectivity index is 2.08. The average Bonchev–Trinajstić information content (AvgIpc) is 2.36. The van der Waals surface area contributed by atoms with E-state index in [0.717, 1.165) is 30.0 Å². The molecule has 1 fully saturated rings. The van der Waals surface area contributed by atoms with E-state index in [2.05, 4.69) is 4.72 Å². The number of hydrogen-bond donors (Lipinski definition) is 1.